The van der Waals surface area contributed by atoms with Crippen LogP contribution in [0.25, 0.3) is 11.0 Å². The van der Waals surface area contributed by atoms with Crippen LogP contribution in [0.5, 0.6) is 5.75 Å². The van der Waals surface area contributed by atoms with Gasteiger partial charge in [0.25, 0.3) is 0 Å². The van der Waals surface area contributed by atoms with E-state index >= 15 is 0 Å². The maximum absolute atomic E-state index is 12.1. The van der Waals surface area contributed by atoms with E-state index in [-0.39, 0.29) is 12.0 Å². The molecule has 0 spiro atoms. The minimum Gasteiger partial charge on any atom is -0.489 e. The number of anilines is 1. The average Bonchev–Trinajstić information content (AvgIpc) is 2.75. The summed E-state index contributed by atoms with van der Waals surface area (Å²) in [5.74, 6) is 0.901. The van der Waals surface area contributed by atoms with E-state index in [2.05, 4.69) is 10.3 Å². The summed E-state index contributed by atoms with van der Waals surface area (Å²) >= 11 is 0. The molecular weight excluding hydrogens is 268 g/mol. The topological polar surface area (TPSA) is 82.2 Å². The van der Waals surface area contributed by atoms with Crippen LogP contribution < -0.4 is 15.8 Å². The second kappa shape index (κ2) is 6.03. The first-order valence-corrected chi connectivity index (χ1v) is 7.16. The van der Waals surface area contributed by atoms with Crippen LogP contribution >= 0.6 is 0 Å². The monoisotopic (exact) mass is 290 g/mol. The smallest absolute Gasteiger partial charge is 0.242 e. The van der Waals surface area contributed by atoms with Crippen LogP contribution in [0.3, 0.4) is 0 Å². The van der Waals surface area contributed by atoms with E-state index in [0.29, 0.717) is 23.8 Å². The predicted molar refractivity (Wildman–Crippen MR) is 83.3 cm³/mol. The Morgan fingerprint density at radius 2 is 2.14 bits per heavy atom. The summed E-state index contributed by atoms with van der Waals surface area (Å²) in [5.41, 5.74) is 7.48. The fourth-order valence-electron chi connectivity index (χ4n) is 2.30. The molecule has 0 saturated heterocycles. The van der Waals surface area contributed by atoms with Gasteiger partial charge in [0.05, 0.1) is 11.6 Å². The lowest BCUT2D eigenvalue weighted by atomic mass is 10.2. The highest BCUT2D eigenvalue weighted by atomic mass is 16.5. The van der Waals surface area contributed by atoms with Gasteiger partial charge in [0.1, 0.15) is 17.3 Å². The second-order valence-corrected chi connectivity index (χ2v) is 5.20. The zero-order chi connectivity index (χ0) is 15.6. The van der Waals surface area contributed by atoms with Crippen LogP contribution in [-0.2, 0) is 4.79 Å². The lowest BCUT2D eigenvalue weighted by molar-refractivity contribution is -0.123. The molecule has 21 heavy (non-hydrogen) atoms. The molecule has 3 N–H and O–H groups in total. The molecule has 0 aliphatic heterocycles. The van der Waals surface area contributed by atoms with Gasteiger partial charge < -0.3 is 15.8 Å². The number of nitrogens with zero attached hydrogens (tertiary/aromatic N) is 2. The van der Waals surface area contributed by atoms with Crippen molar-refractivity contribution in [1.29, 1.82) is 0 Å². The number of hydrogen-bond acceptors (Lipinski definition) is 4. The van der Waals surface area contributed by atoms with Gasteiger partial charge in [-0.2, -0.15) is 0 Å². The standard InChI is InChI=1S/C15H22N4O2/c1-5-17-14(20)10(4)19-11-7-6-8-12(21-9(2)3)13(11)18-15(19)16/h6-10H,5H2,1-4H3,(H2,16,18)(H,17,20). The number of imidazole rings is 1. The number of benzene rings is 1. The number of carbonyl (C=O) groups is 1. The highest BCUT2D eigenvalue weighted by Crippen LogP contribution is 2.30. The highest BCUT2D eigenvalue weighted by molar-refractivity contribution is 5.88. The lowest BCUT2D eigenvalue weighted by Crippen LogP contribution is -2.31. The minimum absolute atomic E-state index is 0.0442. The van der Waals surface area contributed by atoms with Crippen molar-refractivity contribution in [2.24, 2.45) is 0 Å². The summed E-state index contributed by atoms with van der Waals surface area (Å²) in [6.45, 7) is 8.18. The molecule has 114 valence electrons. The van der Waals surface area contributed by atoms with Crippen molar-refractivity contribution in [3.63, 3.8) is 0 Å². The molecule has 1 aromatic carbocycles. The van der Waals surface area contributed by atoms with Gasteiger partial charge in [0.15, 0.2) is 0 Å². The predicted octanol–water partition coefficient (Wildman–Crippen LogP) is 2.10. The van der Waals surface area contributed by atoms with Crippen LogP contribution in [-0.4, -0.2) is 28.1 Å². The van der Waals surface area contributed by atoms with E-state index in [4.69, 9.17) is 10.5 Å². The number of likely N-dealkylation sites (N-methyl/N-ethyl adjacent to an activating group) is 1. The molecule has 0 fully saturated rings. The fourth-order valence-corrected chi connectivity index (χ4v) is 2.30. The number of para-hydroxylation sites is 1. The first kappa shape index (κ1) is 15.2. The molecule has 0 saturated carbocycles. The SMILES string of the molecule is CCNC(=O)C(C)n1c(N)nc2c(OC(C)C)cccc21. The van der Waals surface area contributed by atoms with Crippen molar-refractivity contribution in [1.82, 2.24) is 14.9 Å². The van der Waals surface area contributed by atoms with E-state index in [0.717, 1.165) is 5.52 Å². The zero-order valence-corrected chi connectivity index (χ0v) is 12.9. The Bertz CT molecular complexity index is 648. The van der Waals surface area contributed by atoms with Crippen molar-refractivity contribution in [2.45, 2.75) is 39.8 Å². The quantitative estimate of drug-likeness (QED) is 0.883. The first-order valence-electron chi connectivity index (χ1n) is 7.16. The molecule has 6 heteroatoms. The Balaban J connectivity index is 2.50. The Hall–Kier alpha value is -2.24. The van der Waals surface area contributed by atoms with Crippen molar-refractivity contribution >= 4 is 22.9 Å². The van der Waals surface area contributed by atoms with Crippen molar-refractivity contribution in [3.8, 4) is 5.75 Å². The molecule has 2 rings (SSSR count). The Labute approximate surface area is 124 Å². The van der Waals surface area contributed by atoms with Crippen molar-refractivity contribution in [3.05, 3.63) is 18.2 Å². The number of carbonyl (C=O) groups excluding carboxylic acids is 1. The summed E-state index contributed by atoms with van der Waals surface area (Å²) < 4.78 is 7.48. The molecule has 0 aliphatic carbocycles. The van der Waals surface area contributed by atoms with Gasteiger partial charge in [-0.25, -0.2) is 4.98 Å². The summed E-state index contributed by atoms with van der Waals surface area (Å²) in [6.07, 6.45) is 0.0442. The molecule has 0 aliphatic rings. The van der Waals surface area contributed by atoms with Gasteiger partial charge in [-0.15, -0.1) is 0 Å². The largest absolute Gasteiger partial charge is 0.489 e. The normalized spacial score (nSPS) is 12.6. The Kier molecular flexibility index (Phi) is 4.35. The second-order valence-electron chi connectivity index (χ2n) is 5.20. The van der Waals surface area contributed by atoms with Crippen LogP contribution in [0.2, 0.25) is 0 Å². The molecule has 0 radical (unpaired) electrons. The van der Waals surface area contributed by atoms with Gasteiger partial charge in [0, 0.05) is 6.54 Å². The lowest BCUT2D eigenvalue weighted by Gasteiger charge is -2.15. The van der Waals surface area contributed by atoms with E-state index < -0.39 is 6.04 Å². The van der Waals surface area contributed by atoms with Crippen LogP contribution in [0.1, 0.15) is 33.7 Å². The van der Waals surface area contributed by atoms with Crippen molar-refractivity contribution in [2.75, 3.05) is 12.3 Å². The third-order valence-electron chi connectivity index (χ3n) is 3.19. The summed E-state index contributed by atoms with van der Waals surface area (Å²) in [4.78, 5) is 16.4. The maximum atomic E-state index is 12.1. The Morgan fingerprint density at radius 1 is 1.43 bits per heavy atom. The van der Waals surface area contributed by atoms with Crippen LogP contribution in [0.4, 0.5) is 5.95 Å². The van der Waals surface area contributed by atoms with Gasteiger partial charge in [0.2, 0.25) is 11.9 Å². The number of fused-ring (bicyclic) bond motifs is 1. The minimum atomic E-state index is -0.427. The summed E-state index contributed by atoms with van der Waals surface area (Å²) in [7, 11) is 0. The number of hydrogen-bond donors (Lipinski definition) is 2. The molecule has 1 amide bonds. The molecule has 1 atom stereocenters. The number of nitrogens with one attached hydrogen (secondary N) is 1. The molecular formula is C15H22N4O2. The van der Waals surface area contributed by atoms with Crippen LogP contribution in [0, 0.1) is 0 Å². The molecule has 1 aromatic heterocycles. The number of ether oxygens (including phenoxy) is 1. The van der Waals surface area contributed by atoms with Gasteiger partial charge in [-0.3, -0.25) is 9.36 Å². The number of rotatable bonds is 5. The highest BCUT2D eigenvalue weighted by Gasteiger charge is 2.21. The van der Waals surface area contributed by atoms with E-state index in [1.807, 2.05) is 39.0 Å². The van der Waals surface area contributed by atoms with E-state index in [1.54, 1.807) is 11.5 Å². The summed E-state index contributed by atoms with van der Waals surface area (Å²) in [6, 6.07) is 5.20. The molecule has 1 unspecified atom stereocenters. The third kappa shape index (κ3) is 2.94. The fraction of sp³-hybridized carbons (Fsp3) is 0.467. The zero-order valence-electron chi connectivity index (χ0n) is 12.9. The van der Waals surface area contributed by atoms with Gasteiger partial charge in [-0.05, 0) is 39.8 Å². The first-order chi connectivity index (χ1) is 9.95. The van der Waals surface area contributed by atoms with E-state index in [1.165, 1.54) is 0 Å². The van der Waals surface area contributed by atoms with Crippen LogP contribution in [0.15, 0.2) is 18.2 Å². The number of aromatic nitrogens is 2. The number of nitrogens with two attached hydrogens (primary N) is 1. The molecule has 1 heterocycles. The number of nitrogen functional groups attached to an aromatic ring is 1. The van der Waals surface area contributed by atoms with E-state index in [9.17, 15) is 4.79 Å². The number of amides is 1. The molecule has 2 aromatic rings. The average molecular weight is 290 g/mol. The third-order valence-corrected chi connectivity index (χ3v) is 3.19. The van der Waals surface area contributed by atoms with Crippen molar-refractivity contribution < 1.29 is 9.53 Å². The van der Waals surface area contributed by atoms with Gasteiger partial charge in [-0.1, -0.05) is 6.07 Å². The maximum Gasteiger partial charge on any atom is 0.242 e. The Morgan fingerprint density at radius 3 is 2.76 bits per heavy atom. The summed E-state index contributed by atoms with van der Waals surface area (Å²) in [5, 5.41) is 2.80. The molecule has 0 bridgehead atoms. The van der Waals surface area contributed by atoms with Gasteiger partial charge >= 0.3 is 0 Å². The molecule has 6 nitrogen and oxygen atoms in total.